The number of ether oxygens (including phenoxy) is 1. The lowest BCUT2D eigenvalue weighted by atomic mass is 9.95. The minimum Gasteiger partial charge on any atom is -0.462 e. The molecule has 0 aromatic heterocycles. The summed E-state index contributed by atoms with van der Waals surface area (Å²) in [5.41, 5.74) is 1.62. The number of hydrogen-bond acceptors (Lipinski definition) is 3. The Hall–Kier alpha value is -1.72. The summed E-state index contributed by atoms with van der Waals surface area (Å²) >= 11 is 12.0. The van der Waals surface area contributed by atoms with Gasteiger partial charge in [-0.25, -0.2) is 9.59 Å². The van der Waals surface area contributed by atoms with E-state index in [-0.39, 0.29) is 6.03 Å². The first-order valence-corrected chi connectivity index (χ1v) is 8.49. The van der Waals surface area contributed by atoms with Crippen LogP contribution in [0.4, 0.5) is 4.79 Å². The van der Waals surface area contributed by atoms with E-state index in [1.54, 1.807) is 32.2 Å². The van der Waals surface area contributed by atoms with Gasteiger partial charge in [0.15, 0.2) is 0 Å². The standard InChI is InChI=1S/C17H20Cl2N2O3/c1-4-5-8-24-16(22)14-10(2)21(3)17(23)20-15(14)11-6-7-12(18)13(19)9-11/h6-7,9,15H,4-5,8H2,1-3H3,(H,20,23)/t15-/m1/s1. The number of nitrogens with zero attached hydrogens (tertiary/aromatic N) is 1. The topological polar surface area (TPSA) is 58.6 Å². The third-order valence-electron chi connectivity index (χ3n) is 3.98. The van der Waals surface area contributed by atoms with Crippen LogP contribution in [0.15, 0.2) is 29.5 Å². The van der Waals surface area contributed by atoms with Gasteiger partial charge < -0.3 is 15.0 Å². The molecule has 1 heterocycles. The number of benzene rings is 1. The van der Waals surface area contributed by atoms with Crippen LogP contribution in [0.5, 0.6) is 0 Å². The quantitative estimate of drug-likeness (QED) is 0.620. The maximum absolute atomic E-state index is 12.6. The van der Waals surface area contributed by atoms with Crippen LogP contribution in [0.3, 0.4) is 0 Å². The van der Waals surface area contributed by atoms with Gasteiger partial charge in [-0.3, -0.25) is 0 Å². The zero-order valence-electron chi connectivity index (χ0n) is 13.9. The Morgan fingerprint density at radius 3 is 2.67 bits per heavy atom. The molecule has 0 unspecified atom stereocenters. The van der Waals surface area contributed by atoms with Crippen molar-refractivity contribution in [2.75, 3.05) is 13.7 Å². The van der Waals surface area contributed by atoms with E-state index in [1.165, 1.54) is 4.90 Å². The average Bonchev–Trinajstić information content (AvgIpc) is 2.55. The number of allylic oxidation sites excluding steroid dienone is 1. The number of carbonyl (C=O) groups excluding carboxylic acids is 2. The van der Waals surface area contributed by atoms with Crippen molar-refractivity contribution in [2.45, 2.75) is 32.7 Å². The molecule has 7 heteroatoms. The molecular formula is C17H20Cl2N2O3. The van der Waals surface area contributed by atoms with Gasteiger partial charge in [-0.2, -0.15) is 0 Å². The van der Waals surface area contributed by atoms with Crippen molar-refractivity contribution in [3.05, 3.63) is 45.1 Å². The van der Waals surface area contributed by atoms with E-state index in [1.807, 2.05) is 6.92 Å². The van der Waals surface area contributed by atoms with E-state index in [9.17, 15) is 9.59 Å². The SMILES string of the molecule is CCCCOC(=O)C1=C(C)N(C)C(=O)N[C@@H]1c1ccc(Cl)c(Cl)c1. The molecule has 0 radical (unpaired) electrons. The molecule has 1 atom stereocenters. The maximum Gasteiger partial charge on any atom is 0.338 e. The number of amides is 2. The van der Waals surface area contributed by atoms with Crippen molar-refractivity contribution < 1.29 is 14.3 Å². The van der Waals surface area contributed by atoms with Crippen LogP contribution in [-0.4, -0.2) is 30.6 Å². The fourth-order valence-corrected chi connectivity index (χ4v) is 2.74. The predicted molar refractivity (Wildman–Crippen MR) is 94.1 cm³/mol. The summed E-state index contributed by atoms with van der Waals surface area (Å²) in [6.07, 6.45) is 1.72. The van der Waals surface area contributed by atoms with Crippen LogP contribution in [0, 0.1) is 0 Å². The van der Waals surface area contributed by atoms with Crippen LogP contribution < -0.4 is 5.32 Å². The van der Waals surface area contributed by atoms with E-state index in [2.05, 4.69) is 5.32 Å². The highest BCUT2D eigenvalue weighted by molar-refractivity contribution is 6.42. The molecule has 0 saturated carbocycles. The van der Waals surface area contributed by atoms with Gasteiger partial charge in [0.05, 0.1) is 28.3 Å². The van der Waals surface area contributed by atoms with E-state index < -0.39 is 12.0 Å². The summed E-state index contributed by atoms with van der Waals surface area (Å²) < 4.78 is 5.35. The molecule has 24 heavy (non-hydrogen) atoms. The van der Waals surface area contributed by atoms with Crippen molar-refractivity contribution in [1.29, 1.82) is 0 Å². The maximum atomic E-state index is 12.6. The highest BCUT2D eigenvalue weighted by Crippen LogP contribution is 2.33. The van der Waals surface area contributed by atoms with E-state index in [0.29, 0.717) is 33.5 Å². The van der Waals surface area contributed by atoms with E-state index in [0.717, 1.165) is 12.8 Å². The number of rotatable bonds is 5. The minimum atomic E-state index is -0.627. The molecule has 5 nitrogen and oxygen atoms in total. The molecule has 1 aliphatic heterocycles. The Morgan fingerprint density at radius 2 is 2.04 bits per heavy atom. The van der Waals surface area contributed by atoms with Crippen LogP contribution in [-0.2, 0) is 9.53 Å². The molecule has 0 saturated heterocycles. The Morgan fingerprint density at radius 1 is 1.33 bits per heavy atom. The van der Waals surface area contributed by atoms with Gasteiger partial charge in [0.2, 0.25) is 0 Å². The first kappa shape index (κ1) is 18.6. The highest BCUT2D eigenvalue weighted by atomic mass is 35.5. The second-order valence-electron chi connectivity index (χ2n) is 5.60. The number of hydrogen-bond donors (Lipinski definition) is 1. The van der Waals surface area contributed by atoms with Crippen molar-refractivity contribution in [3.8, 4) is 0 Å². The zero-order valence-corrected chi connectivity index (χ0v) is 15.4. The minimum absolute atomic E-state index is 0.298. The third kappa shape index (κ3) is 3.84. The van der Waals surface area contributed by atoms with Crippen molar-refractivity contribution in [3.63, 3.8) is 0 Å². The van der Waals surface area contributed by atoms with Crippen molar-refractivity contribution >= 4 is 35.2 Å². The molecule has 130 valence electrons. The average molecular weight is 371 g/mol. The fourth-order valence-electron chi connectivity index (χ4n) is 2.43. The Balaban J connectivity index is 2.40. The van der Waals surface area contributed by atoms with Gasteiger partial charge in [0.25, 0.3) is 0 Å². The second kappa shape index (κ2) is 7.90. The Kier molecular flexibility index (Phi) is 6.13. The number of esters is 1. The molecule has 1 N–H and O–H groups in total. The van der Waals surface area contributed by atoms with E-state index in [4.69, 9.17) is 27.9 Å². The molecule has 0 bridgehead atoms. The molecule has 2 amide bonds. The molecule has 0 fully saturated rings. The van der Waals surface area contributed by atoms with Crippen LogP contribution in [0.2, 0.25) is 10.0 Å². The molecule has 2 rings (SSSR count). The second-order valence-corrected chi connectivity index (χ2v) is 6.42. The normalized spacial score (nSPS) is 17.8. The lowest BCUT2D eigenvalue weighted by molar-refractivity contribution is -0.139. The van der Waals surface area contributed by atoms with Gasteiger partial charge in [-0.15, -0.1) is 0 Å². The number of unbranched alkanes of at least 4 members (excludes halogenated alkanes) is 1. The van der Waals surface area contributed by atoms with Crippen LogP contribution in [0.25, 0.3) is 0 Å². The summed E-state index contributed by atoms with van der Waals surface area (Å²) in [6.45, 7) is 4.09. The van der Waals surface area contributed by atoms with Crippen LogP contribution >= 0.6 is 23.2 Å². The number of nitrogens with one attached hydrogen (secondary N) is 1. The first-order chi connectivity index (χ1) is 11.4. The monoisotopic (exact) mass is 370 g/mol. The van der Waals surface area contributed by atoms with Gasteiger partial charge in [-0.1, -0.05) is 42.6 Å². The lowest BCUT2D eigenvalue weighted by Crippen LogP contribution is -2.46. The smallest absolute Gasteiger partial charge is 0.338 e. The van der Waals surface area contributed by atoms with Crippen molar-refractivity contribution in [2.24, 2.45) is 0 Å². The van der Waals surface area contributed by atoms with Gasteiger partial charge in [-0.05, 0) is 31.0 Å². The third-order valence-corrected chi connectivity index (χ3v) is 4.72. The summed E-state index contributed by atoms with van der Waals surface area (Å²) in [4.78, 5) is 26.1. The fraction of sp³-hybridized carbons (Fsp3) is 0.412. The first-order valence-electron chi connectivity index (χ1n) is 7.73. The Bertz CT molecular complexity index is 688. The lowest BCUT2D eigenvalue weighted by Gasteiger charge is -2.33. The van der Waals surface area contributed by atoms with Gasteiger partial charge >= 0.3 is 12.0 Å². The molecule has 1 aromatic carbocycles. The zero-order chi connectivity index (χ0) is 17.9. The number of carbonyl (C=O) groups is 2. The Labute approximate surface area is 151 Å². The number of urea groups is 1. The summed E-state index contributed by atoms with van der Waals surface area (Å²) in [7, 11) is 1.61. The largest absolute Gasteiger partial charge is 0.462 e. The predicted octanol–water partition coefficient (Wildman–Crippen LogP) is 4.31. The summed E-state index contributed by atoms with van der Waals surface area (Å²) in [5.74, 6) is -0.441. The van der Waals surface area contributed by atoms with Gasteiger partial charge in [0, 0.05) is 12.7 Å². The molecule has 0 aliphatic carbocycles. The summed E-state index contributed by atoms with van der Waals surface area (Å²) in [5, 5.41) is 3.58. The highest BCUT2D eigenvalue weighted by Gasteiger charge is 2.35. The molecule has 0 spiro atoms. The molecule has 1 aliphatic rings. The van der Waals surface area contributed by atoms with Gasteiger partial charge in [0.1, 0.15) is 0 Å². The van der Waals surface area contributed by atoms with Crippen molar-refractivity contribution in [1.82, 2.24) is 10.2 Å². The van der Waals surface area contributed by atoms with E-state index >= 15 is 0 Å². The van der Waals surface area contributed by atoms with Crippen LogP contribution in [0.1, 0.15) is 38.3 Å². The molecule has 1 aromatic rings. The molecular weight excluding hydrogens is 351 g/mol. The summed E-state index contributed by atoms with van der Waals surface area (Å²) in [6, 6.07) is 4.09. The number of halogens is 2.